The molecule has 3 heterocycles. The maximum Gasteiger partial charge on any atom is 0.274 e. The molecule has 26 heavy (non-hydrogen) atoms. The van der Waals surface area contributed by atoms with Crippen molar-refractivity contribution in [3.8, 4) is 0 Å². The maximum atomic E-state index is 12.1. The molecular formula is C20H17N5O. The van der Waals surface area contributed by atoms with E-state index in [1.54, 1.807) is 12.3 Å². The SMILES string of the molecule is Cc1ccc(CN=C2NC(=O)/C(=C\c3ccc4ncccc4n3)N2)cc1. The van der Waals surface area contributed by atoms with Crippen molar-refractivity contribution in [1.82, 2.24) is 20.6 Å². The smallest absolute Gasteiger partial charge is 0.274 e. The number of fused-ring (bicyclic) bond motifs is 1. The number of carbonyl (C=O) groups excluding carboxylic acids is 1. The van der Waals surface area contributed by atoms with Crippen molar-refractivity contribution in [2.45, 2.75) is 13.5 Å². The minimum Gasteiger partial charge on any atom is -0.321 e. The Kier molecular flexibility index (Phi) is 4.15. The second-order valence-corrected chi connectivity index (χ2v) is 6.07. The van der Waals surface area contributed by atoms with Crippen molar-refractivity contribution < 1.29 is 4.79 Å². The van der Waals surface area contributed by atoms with E-state index in [2.05, 4.69) is 25.6 Å². The Balaban J connectivity index is 1.52. The average Bonchev–Trinajstić information content (AvgIpc) is 3.01. The van der Waals surface area contributed by atoms with Crippen LogP contribution in [0.4, 0.5) is 0 Å². The van der Waals surface area contributed by atoms with Crippen molar-refractivity contribution in [3.63, 3.8) is 0 Å². The molecule has 3 aromatic rings. The van der Waals surface area contributed by atoms with Gasteiger partial charge in [-0.25, -0.2) is 9.98 Å². The third kappa shape index (κ3) is 3.44. The summed E-state index contributed by atoms with van der Waals surface area (Å²) in [6.07, 6.45) is 3.43. The third-order valence-electron chi connectivity index (χ3n) is 4.04. The zero-order valence-corrected chi connectivity index (χ0v) is 14.2. The Bertz CT molecular complexity index is 1040. The summed E-state index contributed by atoms with van der Waals surface area (Å²) in [6, 6.07) is 15.6. The highest BCUT2D eigenvalue weighted by Crippen LogP contribution is 2.12. The van der Waals surface area contributed by atoms with Gasteiger partial charge in [0.25, 0.3) is 5.91 Å². The molecule has 1 aliphatic rings. The number of benzene rings is 1. The molecule has 6 nitrogen and oxygen atoms in total. The van der Waals surface area contributed by atoms with E-state index in [9.17, 15) is 4.79 Å². The van der Waals surface area contributed by atoms with Crippen LogP contribution in [0.3, 0.4) is 0 Å². The van der Waals surface area contributed by atoms with Gasteiger partial charge in [-0.05, 0) is 42.8 Å². The zero-order chi connectivity index (χ0) is 17.9. The van der Waals surface area contributed by atoms with E-state index >= 15 is 0 Å². The summed E-state index contributed by atoms with van der Waals surface area (Å²) >= 11 is 0. The monoisotopic (exact) mass is 343 g/mol. The lowest BCUT2D eigenvalue weighted by molar-refractivity contribution is -0.115. The minimum atomic E-state index is -0.222. The summed E-state index contributed by atoms with van der Waals surface area (Å²) in [7, 11) is 0. The first-order chi connectivity index (χ1) is 12.7. The molecule has 0 aliphatic carbocycles. The van der Waals surface area contributed by atoms with Gasteiger partial charge in [-0.3, -0.25) is 15.1 Å². The van der Waals surface area contributed by atoms with E-state index in [1.807, 2.05) is 55.5 Å². The van der Waals surface area contributed by atoms with Crippen molar-refractivity contribution in [1.29, 1.82) is 0 Å². The molecule has 0 unspecified atom stereocenters. The Hall–Kier alpha value is -3.54. The van der Waals surface area contributed by atoms with E-state index in [0.717, 1.165) is 16.6 Å². The van der Waals surface area contributed by atoms with Crippen LogP contribution in [-0.2, 0) is 11.3 Å². The maximum absolute atomic E-state index is 12.1. The lowest BCUT2D eigenvalue weighted by Crippen LogP contribution is -2.25. The number of aromatic nitrogens is 2. The Morgan fingerprint density at radius 2 is 1.88 bits per heavy atom. The number of aliphatic imine (C=N–C) groups is 1. The molecular weight excluding hydrogens is 326 g/mol. The van der Waals surface area contributed by atoms with Gasteiger partial charge in [-0.1, -0.05) is 29.8 Å². The molecule has 2 aromatic heterocycles. The van der Waals surface area contributed by atoms with Crippen molar-refractivity contribution in [2.75, 3.05) is 0 Å². The van der Waals surface area contributed by atoms with Crippen LogP contribution in [0.25, 0.3) is 17.1 Å². The van der Waals surface area contributed by atoms with Crippen LogP contribution in [0, 0.1) is 6.92 Å². The summed E-state index contributed by atoms with van der Waals surface area (Å²) in [5.41, 5.74) is 5.00. The van der Waals surface area contributed by atoms with Gasteiger partial charge in [-0.2, -0.15) is 0 Å². The molecule has 1 amide bonds. The average molecular weight is 343 g/mol. The summed E-state index contributed by atoms with van der Waals surface area (Å²) < 4.78 is 0. The largest absolute Gasteiger partial charge is 0.321 e. The molecule has 1 aromatic carbocycles. The van der Waals surface area contributed by atoms with Gasteiger partial charge in [0.15, 0.2) is 0 Å². The number of guanidine groups is 1. The summed E-state index contributed by atoms with van der Waals surface area (Å²) in [5, 5.41) is 5.75. The van der Waals surface area contributed by atoms with Gasteiger partial charge in [-0.15, -0.1) is 0 Å². The number of amides is 1. The highest BCUT2D eigenvalue weighted by Gasteiger charge is 2.21. The summed E-state index contributed by atoms with van der Waals surface area (Å²) in [5.74, 6) is 0.227. The first-order valence-electron chi connectivity index (χ1n) is 8.29. The van der Waals surface area contributed by atoms with Crippen LogP contribution in [0.5, 0.6) is 0 Å². The number of aryl methyl sites for hydroxylation is 1. The number of rotatable bonds is 3. The zero-order valence-electron chi connectivity index (χ0n) is 14.2. The van der Waals surface area contributed by atoms with Crippen molar-refractivity contribution in [2.24, 2.45) is 4.99 Å². The van der Waals surface area contributed by atoms with Crippen LogP contribution in [0.15, 0.2) is 65.4 Å². The third-order valence-corrected chi connectivity index (χ3v) is 4.04. The molecule has 1 saturated heterocycles. The molecule has 128 valence electrons. The number of hydrogen-bond donors (Lipinski definition) is 2. The van der Waals surface area contributed by atoms with E-state index in [0.29, 0.717) is 23.9 Å². The van der Waals surface area contributed by atoms with E-state index < -0.39 is 0 Å². The van der Waals surface area contributed by atoms with E-state index in [1.165, 1.54) is 5.56 Å². The van der Waals surface area contributed by atoms with Crippen LogP contribution in [-0.4, -0.2) is 21.8 Å². The van der Waals surface area contributed by atoms with Crippen LogP contribution in [0.1, 0.15) is 16.8 Å². The number of hydrogen-bond acceptors (Lipinski definition) is 4. The molecule has 1 aliphatic heterocycles. The van der Waals surface area contributed by atoms with E-state index in [-0.39, 0.29) is 5.91 Å². The predicted octanol–water partition coefficient (Wildman–Crippen LogP) is 2.55. The van der Waals surface area contributed by atoms with Crippen LogP contribution >= 0.6 is 0 Å². The Morgan fingerprint density at radius 1 is 1.04 bits per heavy atom. The first kappa shape index (κ1) is 16.0. The number of nitrogens with one attached hydrogen (secondary N) is 2. The molecule has 2 N–H and O–H groups in total. The number of pyridine rings is 2. The minimum absolute atomic E-state index is 0.222. The number of carbonyl (C=O) groups is 1. The van der Waals surface area contributed by atoms with Crippen molar-refractivity contribution in [3.05, 3.63) is 77.2 Å². The lowest BCUT2D eigenvalue weighted by atomic mass is 10.1. The fourth-order valence-corrected chi connectivity index (χ4v) is 2.64. The lowest BCUT2D eigenvalue weighted by Gasteiger charge is -2.00. The standard InChI is InChI=1S/C20H17N5O/c1-13-4-6-14(7-5-13)12-22-20-24-18(19(26)25-20)11-15-8-9-16-17(23-15)3-2-10-21-16/h2-11H,12H2,1H3,(H2,22,24,25,26)/b18-11+. The topological polar surface area (TPSA) is 79.3 Å². The second-order valence-electron chi connectivity index (χ2n) is 6.07. The first-order valence-corrected chi connectivity index (χ1v) is 8.29. The van der Waals surface area contributed by atoms with Gasteiger partial charge >= 0.3 is 0 Å². The Morgan fingerprint density at radius 3 is 2.73 bits per heavy atom. The highest BCUT2D eigenvalue weighted by atomic mass is 16.2. The molecule has 0 radical (unpaired) electrons. The molecule has 0 atom stereocenters. The normalized spacial score (nSPS) is 16.9. The van der Waals surface area contributed by atoms with Gasteiger partial charge in [0.1, 0.15) is 5.70 Å². The molecule has 1 fully saturated rings. The summed E-state index contributed by atoms with van der Waals surface area (Å²) in [4.78, 5) is 25.3. The van der Waals surface area contributed by atoms with Gasteiger partial charge in [0, 0.05) is 6.20 Å². The molecule has 4 rings (SSSR count). The summed E-state index contributed by atoms with van der Waals surface area (Å²) in [6.45, 7) is 2.54. The van der Waals surface area contributed by atoms with Gasteiger partial charge < -0.3 is 5.32 Å². The van der Waals surface area contributed by atoms with Crippen LogP contribution < -0.4 is 10.6 Å². The second kappa shape index (κ2) is 6.76. The number of nitrogens with zero attached hydrogens (tertiary/aromatic N) is 3. The molecule has 0 saturated carbocycles. The highest BCUT2D eigenvalue weighted by molar-refractivity contribution is 6.15. The van der Waals surface area contributed by atoms with Crippen molar-refractivity contribution >= 4 is 29.0 Å². The predicted molar refractivity (Wildman–Crippen MR) is 101 cm³/mol. The van der Waals surface area contributed by atoms with E-state index in [4.69, 9.17) is 0 Å². The fraction of sp³-hybridized carbons (Fsp3) is 0.100. The molecule has 6 heteroatoms. The van der Waals surface area contributed by atoms with Crippen LogP contribution in [0.2, 0.25) is 0 Å². The van der Waals surface area contributed by atoms with Gasteiger partial charge in [0.05, 0.1) is 23.3 Å². The quantitative estimate of drug-likeness (QED) is 0.716. The molecule has 0 spiro atoms. The van der Waals surface area contributed by atoms with Gasteiger partial charge in [0.2, 0.25) is 5.96 Å². The molecule has 0 bridgehead atoms. The Labute approximate surface area is 150 Å². The fourth-order valence-electron chi connectivity index (χ4n) is 2.64.